The molecule has 0 unspecified atom stereocenters. The van der Waals surface area contributed by atoms with Gasteiger partial charge in [-0.2, -0.15) is 26.3 Å². The van der Waals surface area contributed by atoms with Crippen LogP contribution in [0.25, 0.3) is 0 Å². The van der Waals surface area contributed by atoms with Gasteiger partial charge in [0.05, 0.1) is 11.3 Å². The molecule has 10 heteroatoms. The number of rotatable bonds is 3. The average Bonchev–Trinajstić information content (AvgIpc) is 2.49. The predicted molar refractivity (Wildman–Crippen MR) is 77.7 cm³/mol. The van der Waals surface area contributed by atoms with Crippen molar-refractivity contribution in [3.8, 4) is 11.5 Å². The number of benzene rings is 2. The topological polar surface area (TPSA) is 38.3 Å². The Morgan fingerprint density at radius 3 is 2.00 bits per heavy atom. The van der Waals surface area contributed by atoms with Crippen molar-refractivity contribution < 1.29 is 35.9 Å². The van der Waals surface area contributed by atoms with E-state index in [4.69, 9.17) is 16.3 Å². The number of nitrogens with one attached hydrogen (secondary N) is 1. The zero-order valence-electron chi connectivity index (χ0n) is 12.0. The molecule has 0 aromatic heterocycles. The maximum absolute atomic E-state index is 13.1. The minimum Gasteiger partial charge on any atom is -0.457 e. The molecule has 0 heterocycles. The number of alkyl halides is 6. The molecule has 0 spiro atoms. The maximum Gasteiger partial charge on any atom is 0.471 e. The van der Waals surface area contributed by atoms with Gasteiger partial charge in [0.2, 0.25) is 0 Å². The second-order valence-electron chi connectivity index (χ2n) is 4.71. The van der Waals surface area contributed by atoms with Crippen molar-refractivity contribution in [3.63, 3.8) is 0 Å². The summed E-state index contributed by atoms with van der Waals surface area (Å²) in [6, 6.07) is 7.84. The molecule has 134 valence electrons. The number of anilines is 1. The molecule has 0 aliphatic heterocycles. The first-order valence-corrected chi connectivity index (χ1v) is 6.87. The molecule has 2 aromatic carbocycles. The highest BCUT2D eigenvalue weighted by molar-refractivity contribution is 6.30. The summed E-state index contributed by atoms with van der Waals surface area (Å²) in [5, 5.41) is 1.58. The minimum absolute atomic E-state index is 0.171. The molecule has 1 N–H and O–H groups in total. The number of halogens is 7. The van der Waals surface area contributed by atoms with Gasteiger partial charge in [-0.15, -0.1) is 0 Å². The molecule has 0 aliphatic carbocycles. The van der Waals surface area contributed by atoms with Crippen LogP contribution in [0.15, 0.2) is 42.5 Å². The van der Waals surface area contributed by atoms with Gasteiger partial charge in [-0.1, -0.05) is 11.6 Å². The van der Waals surface area contributed by atoms with Crippen molar-refractivity contribution in [2.75, 3.05) is 5.32 Å². The van der Waals surface area contributed by atoms with Crippen molar-refractivity contribution in [3.05, 3.63) is 53.1 Å². The minimum atomic E-state index is -5.32. The summed E-state index contributed by atoms with van der Waals surface area (Å²) in [5.74, 6) is -2.62. The summed E-state index contributed by atoms with van der Waals surface area (Å²) in [6.07, 6.45) is -10.3. The standard InChI is InChI=1S/C15H8ClF6NO2/c16-8-1-3-9(4-2-8)25-10-5-6-12(11(7-10)14(17,18)19)23-13(24)15(20,21)22/h1-7H,(H,23,24). The molecule has 25 heavy (non-hydrogen) atoms. The van der Waals surface area contributed by atoms with Gasteiger partial charge < -0.3 is 10.1 Å². The molecule has 0 aliphatic rings. The Kier molecular flexibility index (Phi) is 5.17. The van der Waals surface area contributed by atoms with Crippen LogP contribution in [-0.4, -0.2) is 12.1 Å². The van der Waals surface area contributed by atoms with Crippen molar-refractivity contribution in [1.29, 1.82) is 0 Å². The fourth-order valence-corrected chi connectivity index (χ4v) is 1.89. The van der Waals surface area contributed by atoms with Gasteiger partial charge in [-0.3, -0.25) is 4.79 Å². The summed E-state index contributed by atoms with van der Waals surface area (Å²) in [4.78, 5) is 10.9. The zero-order valence-corrected chi connectivity index (χ0v) is 12.8. The van der Waals surface area contributed by atoms with Crippen LogP contribution in [-0.2, 0) is 11.0 Å². The van der Waals surface area contributed by atoms with E-state index in [1.54, 1.807) is 0 Å². The third kappa shape index (κ3) is 5.02. The Morgan fingerprint density at radius 1 is 0.920 bits per heavy atom. The molecule has 0 saturated carbocycles. The van der Waals surface area contributed by atoms with E-state index >= 15 is 0 Å². The largest absolute Gasteiger partial charge is 0.471 e. The highest BCUT2D eigenvalue weighted by Gasteiger charge is 2.41. The van der Waals surface area contributed by atoms with Gasteiger partial charge in [-0.25, -0.2) is 0 Å². The van der Waals surface area contributed by atoms with Crippen molar-refractivity contribution in [2.45, 2.75) is 12.4 Å². The maximum atomic E-state index is 13.1. The highest BCUT2D eigenvalue weighted by Crippen LogP contribution is 2.38. The first-order chi connectivity index (χ1) is 11.5. The second-order valence-corrected chi connectivity index (χ2v) is 5.15. The van der Waals surface area contributed by atoms with E-state index in [9.17, 15) is 31.1 Å². The first-order valence-electron chi connectivity index (χ1n) is 6.49. The van der Waals surface area contributed by atoms with Crippen LogP contribution in [0.5, 0.6) is 11.5 Å². The second kappa shape index (κ2) is 6.83. The fraction of sp³-hybridized carbons (Fsp3) is 0.133. The number of ether oxygens (including phenoxy) is 1. The lowest BCUT2D eigenvalue weighted by molar-refractivity contribution is -0.167. The van der Waals surface area contributed by atoms with Crippen LogP contribution in [0, 0.1) is 0 Å². The zero-order chi connectivity index (χ0) is 18.8. The third-order valence-electron chi connectivity index (χ3n) is 2.85. The van der Waals surface area contributed by atoms with E-state index in [2.05, 4.69) is 0 Å². The highest BCUT2D eigenvalue weighted by atomic mass is 35.5. The molecule has 0 saturated heterocycles. The SMILES string of the molecule is O=C(Nc1ccc(Oc2ccc(Cl)cc2)cc1C(F)(F)F)C(F)(F)F. The van der Waals surface area contributed by atoms with E-state index in [1.165, 1.54) is 29.6 Å². The average molecular weight is 384 g/mol. The van der Waals surface area contributed by atoms with Crippen molar-refractivity contribution in [1.82, 2.24) is 0 Å². The molecule has 2 aromatic rings. The van der Waals surface area contributed by atoms with Crippen LogP contribution in [0.1, 0.15) is 5.56 Å². The Labute approximate surface area is 142 Å². The normalized spacial score (nSPS) is 12.0. The van der Waals surface area contributed by atoms with Crippen LogP contribution >= 0.6 is 11.6 Å². The Hall–Kier alpha value is -2.42. The van der Waals surface area contributed by atoms with Crippen molar-refractivity contribution in [2.24, 2.45) is 0 Å². The number of carbonyl (C=O) groups is 1. The van der Waals surface area contributed by atoms with Gasteiger partial charge >= 0.3 is 18.3 Å². The quantitative estimate of drug-likeness (QED) is 0.695. The van der Waals surface area contributed by atoms with E-state index in [0.29, 0.717) is 17.2 Å². The van der Waals surface area contributed by atoms with E-state index in [-0.39, 0.29) is 11.5 Å². The first kappa shape index (κ1) is 18.9. The number of carbonyl (C=O) groups excluding carboxylic acids is 1. The molecule has 3 nitrogen and oxygen atoms in total. The Morgan fingerprint density at radius 2 is 1.48 bits per heavy atom. The van der Waals surface area contributed by atoms with E-state index in [1.807, 2.05) is 0 Å². The van der Waals surface area contributed by atoms with Gasteiger partial charge in [-0.05, 0) is 42.5 Å². The van der Waals surface area contributed by atoms with E-state index < -0.39 is 29.5 Å². The predicted octanol–water partition coefficient (Wildman–Crippen LogP) is 5.65. The van der Waals surface area contributed by atoms with Crippen LogP contribution in [0.2, 0.25) is 5.02 Å². The third-order valence-corrected chi connectivity index (χ3v) is 3.10. The van der Waals surface area contributed by atoms with Crippen LogP contribution in [0.4, 0.5) is 32.0 Å². The Balaban J connectivity index is 2.33. The van der Waals surface area contributed by atoms with Gasteiger partial charge in [0.15, 0.2) is 0 Å². The molecule has 2 rings (SSSR count). The molecule has 0 atom stereocenters. The summed E-state index contributed by atoms with van der Waals surface area (Å²) in [5.41, 5.74) is -2.50. The van der Waals surface area contributed by atoms with E-state index in [0.717, 1.165) is 6.07 Å². The molecule has 1 amide bonds. The lowest BCUT2D eigenvalue weighted by Crippen LogP contribution is -2.30. The number of amides is 1. The van der Waals surface area contributed by atoms with Crippen LogP contribution in [0.3, 0.4) is 0 Å². The fourth-order valence-electron chi connectivity index (χ4n) is 1.76. The van der Waals surface area contributed by atoms with Gasteiger partial charge in [0.1, 0.15) is 11.5 Å². The summed E-state index contributed by atoms with van der Waals surface area (Å²) < 4.78 is 81.1. The Bertz CT molecular complexity index is 771. The van der Waals surface area contributed by atoms with Crippen molar-refractivity contribution >= 4 is 23.2 Å². The van der Waals surface area contributed by atoms with Gasteiger partial charge in [0.25, 0.3) is 0 Å². The molecular formula is C15H8ClF6NO2. The molecule has 0 fully saturated rings. The molecule has 0 radical (unpaired) electrons. The lowest BCUT2D eigenvalue weighted by Gasteiger charge is -2.16. The lowest BCUT2D eigenvalue weighted by atomic mass is 10.1. The summed E-state index contributed by atoms with van der Waals surface area (Å²) >= 11 is 5.67. The number of hydrogen-bond donors (Lipinski definition) is 1. The number of hydrogen-bond acceptors (Lipinski definition) is 2. The smallest absolute Gasteiger partial charge is 0.457 e. The summed E-state index contributed by atoms with van der Waals surface area (Å²) in [6.45, 7) is 0. The van der Waals surface area contributed by atoms with Gasteiger partial charge in [0, 0.05) is 5.02 Å². The monoisotopic (exact) mass is 383 g/mol. The summed E-state index contributed by atoms with van der Waals surface area (Å²) in [7, 11) is 0. The molecule has 0 bridgehead atoms. The van der Waals surface area contributed by atoms with Crippen LogP contribution < -0.4 is 10.1 Å². The molecular weight excluding hydrogens is 376 g/mol.